The molecule has 1 unspecified atom stereocenters. The minimum atomic E-state index is -1.20. The van der Waals surface area contributed by atoms with Crippen molar-refractivity contribution in [3.05, 3.63) is 47.7 Å². The van der Waals surface area contributed by atoms with E-state index in [-0.39, 0.29) is 12.0 Å². The maximum atomic E-state index is 11.6. The summed E-state index contributed by atoms with van der Waals surface area (Å²) in [5.74, 6) is -2.13. The standard InChI is InChI=1S/C16H14N2O4/c1-16(15(21)22)5-4-11(12(7-16)14(19)20)9-2-3-13-10(6-9)8-17-18-13/h2-6,8H,7H2,1H3,(H,17,18)(H,19,20)(H,21,22). The molecule has 3 N–H and O–H groups in total. The Labute approximate surface area is 125 Å². The molecule has 1 aromatic heterocycles. The Morgan fingerprint density at radius 1 is 1.32 bits per heavy atom. The van der Waals surface area contributed by atoms with Gasteiger partial charge in [-0.25, -0.2) is 4.79 Å². The van der Waals surface area contributed by atoms with E-state index < -0.39 is 17.4 Å². The number of nitrogens with zero attached hydrogens (tertiary/aromatic N) is 1. The molecule has 1 heterocycles. The second kappa shape index (κ2) is 4.84. The Hall–Kier alpha value is -2.89. The van der Waals surface area contributed by atoms with Crippen LogP contribution in [0.15, 0.2) is 42.1 Å². The summed E-state index contributed by atoms with van der Waals surface area (Å²) in [6.45, 7) is 1.52. The second-order valence-corrected chi connectivity index (χ2v) is 5.60. The first kappa shape index (κ1) is 14.1. The van der Waals surface area contributed by atoms with Gasteiger partial charge >= 0.3 is 11.9 Å². The molecule has 3 rings (SSSR count). The molecule has 22 heavy (non-hydrogen) atoms. The smallest absolute Gasteiger partial charge is 0.332 e. The van der Waals surface area contributed by atoms with E-state index in [9.17, 15) is 19.8 Å². The average Bonchev–Trinajstić information content (AvgIpc) is 2.94. The number of aromatic amines is 1. The number of hydrogen-bond donors (Lipinski definition) is 3. The van der Waals surface area contributed by atoms with Gasteiger partial charge in [0.2, 0.25) is 0 Å². The van der Waals surface area contributed by atoms with Crippen LogP contribution in [0.1, 0.15) is 18.9 Å². The third kappa shape index (κ3) is 2.18. The summed E-state index contributed by atoms with van der Waals surface area (Å²) in [6, 6.07) is 5.46. The van der Waals surface area contributed by atoms with E-state index >= 15 is 0 Å². The summed E-state index contributed by atoms with van der Waals surface area (Å²) in [5.41, 5.74) is 1.03. The summed E-state index contributed by atoms with van der Waals surface area (Å²) >= 11 is 0. The molecule has 112 valence electrons. The lowest BCUT2D eigenvalue weighted by Crippen LogP contribution is -2.29. The van der Waals surface area contributed by atoms with Crippen LogP contribution < -0.4 is 0 Å². The molecule has 0 bridgehead atoms. The highest BCUT2D eigenvalue weighted by atomic mass is 16.4. The molecule has 1 atom stereocenters. The first-order chi connectivity index (χ1) is 10.4. The Morgan fingerprint density at radius 3 is 2.77 bits per heavy atom. The van der Waals surface area contributed by atoms with E-state index in [4.69, 9.17) is 0 Å². The van der Waals surface area contributed by atoms with E-state index in [1.165, 1.54) is 6.92 Å². The fraction of sp³-hybridized carbons (Fsp3) is 0.188. The molecule has 0 radical (unpaired) electrons. The largest absolute Gasteiger partial charge is 0.481 e. The molecule has 6 heteroatoms. The number of benzene rings is 1. The number of nitrogens with one attached hydrogen (secondary N) is 1. The minimum Gasteiger partial charge on any atom is -0.481 e. The second-order valence-electron chi connectivity index (χ2n) is 5.60. The summed E-state index contributed by atoms with van der Waals surface area (Å²) in [6.07, 6.45) is 4.75. The molecule has 0 spiro atoms. The molecule has 1 aromatic carbocycles. The lowest BCUT2D eigenvalue weighted by Gasteiger charge is -2.26. The van der Waals surface area contributed by atoms with E-state index in [1.807, 2.05) is 12.1 Å². The van der Waals surface area contributed by atoms with Crippen molar-refractivity contribution in [3.8, 4) is 0 Å². The van der Waals surface area contributed by atoms with Gasteiger partial charge in [-0.1, -0.05) is 18.2 Å². The monoisotopic (exact) mass is 298 g/mol. The van der Waals surface area contributed by atoms with Crippen LogP contribution in [0.25, 0.3) is 16.5 Å². The maximum absolute atomic E-state index is 11.6. The molecule has 1 aliphatic carbocycles. The first-order valence-electron chi connectivity index (χ1n) is 6.73. The highest BCUT2D eigenvalue weighted by Crippen LogP contribution is 2.38. The van der Waals surface area contributed by atoms with Crippen LogP contribution in [0.3, 0.4) is 0 Å². The zero-order valence-electron chi connectivity index (χ0n) is 11.8. The van der Waals surface area contributed by atoms with Crippen LogP contribution in [0.4, 0.5) is 0 Å². The van der Waals surface area contributed by atoms with Crippen LogP contribution in [0.2, 0.25) is 0 Å². The quantitative estimate of drug-likeness (QED) is 0.807. The van der Waals surface area contributed by atoms with Crippen LogP contribution in [0, 0.1) is 5.41 Å². The molecule has 0 fully saturated rings. The van der Waals surface area contributed by atoms with E-state index in [2.05, 4.69) is 10.2 Å². The summed E-state index contributed by atoms with van der Waals surface area (Å²) in [4.78, 5) is 22.9. The van der Waals surface area contributed by atoms with Crippen molar-refractivity contribution in [2.75, 3.05) is 0 Å². The Kier molecular flexibility index (Phi) is 3.09. The predicted molar refractivity (Wildman–Crippen MR) is 80.1 cm³/mol. The van der Waals surface area contributed by atoms with Gasteiger partial charge in [0.1, 0.15) is 0 Å². The lowest BCUT2D eigenvalue weighted by atomic mass is 9.76. The molecule has 2 aromatic rings. The third-order valence-electron chi connectivity index (χ3n) is 3.98. The van der Waals surface area contributed by atoms with Gasteiger partial charge in [0.25, 0.3) is 0 Å². The third-order valence-corrected chi connectivity index (χ3v) is 3.98. The van der Waals surface area contributed by atoms with E-state index in [1.54, 1.807) is 24.4 Å². The van der Waals surface area contributed by atoms with Crippen LogP contribution in [-0.4, -0.2) is 32.3 Å². The predicted octanol–water partition coefficient (Wildman–Crippen LogP) is 2.45. The van der Waals surface area contributed by atoms with Crippen molar-refractivity contribution in [3.63, 3.8) is 0 Å². The highest BCUT2D eigenvalue weighted by molar-refractivity contribution is 6.02. The number of H-pyrrole nitrogens is 1. The number of carbonyl (C=O) groups is 2. The van der Waals surface area contributed by atoms with Crippen molar-refractivity contribution in [2.45, 2.75) is 13.3 Å². The maximum Gasteiger partial charge on any atom is 0.332 e. The van der Waals surface area contributed by atoms with Gasteiger partial charge < -0.3 is 10.2 Å². The van der Waals surface area contributed by atoms with Gasteiger partial charge in [-0.15, -0.1) is 0 Å². The summed E-state index contributed by atoms with van der Waals surface area (Å²) in [7, 11) is 0. The topological polar surface area (TPSA) is 103 Å². The number of carboxylic acids is 2. The fourth-order valence-electron chi connectivity index (χ4n) is 2.61. The number of hydrogen-bond acceptors (Lipinski definition) is 3. The minimum absolute atomic E-state index is 0.0487. The molecule has 0 saturated carbocycles. The van der Waals surface area contributed by atoms with Crippen LogP contribution >= 0.6 is 0 Å². The number of aromatic nitrogens is 2. The zero-order valence-corrected chi connectivity index (χ0v) is 11.8. The van der Waals surface area contributed by atoms with Gasteiger partial charge in [-0.05, 0) is 36.6 Å². The number of carboxylic acid groups (broad SMARTS) is 2. The number of aliphatic carboxylic acids is 2. The van der Waals surface area contributed by atoms with Crippen LogP contribution in [-0.2, 0) is 9.59 Å². The zero-order chi connectivity index (χ0) is 15.9. The summed E-state index contributed by atoms with van der Waals surface area (Å²) in [5, 5.41) is 26.4. The Bertz CT molecular complexity index is 847. The Balaban J connectivity index is 2.12. The Morgan fingerprint density at radius 2 is 2.09 bits per heavy atom. The highest BCUT2D eigenvalue weighted by Gasteiger charge is 2.36. The number of fused-ring (bicyclic) bond motifs is 1. The van der Waals surface area contributed by atoms with Crippen molar-refractivity contribution in [2.24, 2.45) is 5.41 Å². The van der Waals surface area contributed by atoms with Crippen molar-refractivity contribution >= 4 is 28.4 Å². The summed E-state index contributed by atoms with van der Waals surface area (Å²) < 4.78 is 0. The first-order valence-corrected chi connectivity index (χ1v) is 6.73. The normalized spacial score (nSPS) is 21.3. The van der Waals surface area contributed by atoms with Crippen LogP contribution in [0.5, 0.6) is 0 Å². The number of rotatable bonds is 3. The molecule has 1 aliphatic rings. The SMILES string of the molecule is CC1(C(=O)O)C=CC(c2ccc3[nH]ncc3c2)=C(C(=O)O)C1. The average molecular weight is 298 g/mol. The van der Waals surface area contributed by atoms with E-state index in [0.717, 1.165) is 16.5 Å². The number of allylic oxidation sites excluding steroid dienone is 2. The van der Waals surface area contributed by atoms with Crippen molar-refractivity contribution in [1.29, 1.82) is 0 Å². The molecule has 0 aliphatic heterocycles. The van der Waals surface area contributed by atoms with Gasteiger partial charge in [0.05, 0.1) is 17.1 Å². The molecule has 0 saturated heterocycles. The fourth-order valence-corrected chi connectivity index (χ4v) is 2.61. The van der Waals surface area contributed by atoms with E-state index in [0.29, 0.717) is 5.57 Å². The molecular weight excluding hydrogens is 284 g/mol. The van der Waals surface area contributed by atoms with Gasteiger partial charge in [-0.3, -0.25) is 9.89 Å². The van der Waals surface area contributed by atoms with Gasteiger partial charge in [-0.2, -0.15) is 5.10 Å². The van der Waals surface area contributed by atoms with Gasteiger partial charge in [0.15, 0.2) is 0 Å². The van der Waals surface area contributed by atoms with Gasteiger partial charge in [0, 0.05) is 11.0 Å². The molecule has 6 nitrogen and oxygen atoms in total. The van der Waals surface area contributed by atoms with Crippen molar-refractivity contribution < 1.29 is 19.8 Å². The molecule has 0 amide bonds. The lowest BCUT2D eigenvalue weighted by molar-refractivity contribution is -0.145. The molecular formula is C16H14N2O4. The van der Waals surface area contributed by atoms with Crippen molar-refractivity contribution in [1.82, 2.24) is 10.2 Å².